The molecule has 0 radical (unpaired) electrons. The van der Waals surface area contributed by atoms with Gasteiger partial charge in [0.1, 0.15) is 18.1 Å². The van der Waals surface area contributed by atoms with Gasteiger partial charge in [0.25, 0.3) is 0 Å². The van der Waals surface area contributed by atoms with E-state index in [0.29, 0.717) is 19.1 Å². The highest BCUT2D eigenvalue weighted by Crippen LogP contribution is 2.17. The smallest absolute Gasteiger partial charge is 0.193 e. The number of hydrogen-bond acceptors (Lipinski definition) is 4. The zero-order valence-electron chi connectivity index (χ0n) is 17.0. The zero-order valence-corrected chi connectivity index (χ0v) is 19.3. The van der Waals surface area contributed by atoms with Crippen LogP contribution in [0.4, 0.5) is 5.69 Å². The number of benzene rings is 2. The second-order valence-electron chi connectivity index (χ2n) is 6.82. The number of ether oxygens (including phenoxy) is 2. The molecule has 2 aromatic carbocycles. The van der Waals surface area contributed by atoms with Gasteiger partial charge in [-0.15, -0.1) is 24.0 Å². The minimum Gasteiger partial charge on any atom is -0.492 e. The van der Waals surface area contributed by atoms with Gasteiger partial charge in [0.15, 0.2) is 5.96 Å². The fourth-order valence-electron chi connectivity index (χ4n) is 2.33. The Balaban J connectivity index is 0.00000392. The molecule has 0 aliphatic heterocycles. The molecule has 2 aromatic rings. The number of nitrogens with two attached hydrogens (primary N) is 1. The van der Waals surface area contributed by atoms with Gasteiger partial charge in [0.05, 0.1) is 12.6 Å². The van der Waals surface area contributed by atoms with Crippen LogP contribution >= 0.6 is 24.0 Å². The minimum absolute atomic E-state index is 0. The van der Waals surface area contributed by atoms with Crippen LogP contribution in [0, 0.1) is 0 Å². The van der Waals surface area contributed by atoms with Gasteiger partial charge in [0.2, 0.25) is 0 Å². The lowest BCUT2D eigenvalue weighted by Crippen LogP contribution is -2.22. The minimum atomic E-state index is 0. The summed E-state index contributed by atoms with van der Waals surface area (Å²) in [4.78, 5) is 6.48. The Bertz CT molecular complexity index is 733. The maximum atomic E-state index is 5.99. The van der Waals surface area contributed by atoms with Gasteiger partial charge in [0, 0.05) is 12.2 Å². The van der Waals surface area contributed by atoms with Crippen LogP contribution in [0.15, 0.2) is 53.5 Å². The number of nitrogens with one attached hydrogen (secondary N) is 1. The number of nitrogens with zero attached hydrogens (tertiary/aromatic N) is 2. The van der Waals surface area contributed by atoms with Crippen molar-refractivity contribution in [1.82, 2.24) is 4.90 Å². The molecule has 154 valence electrons. The Morgan fingerprint density at radius 3 is 2.46 bits per heavy atom. The summed E-state index contributed by atoms with van der Waals surface area (Å²) in [7, 11) is 4.05. The first kappa shape index (κ1) is 24.0. The molecule has 0 aliphatic rings. The van der Waals surface area contributed by atoms with Crippen LogP contribution in [0.25, 0.3) is 0 Å². The number of guanidine groups is 1. The van der Waals surface area contributed by atoms with Crippen LogP contribution in [0.1, 0.15) is 19.4 Å². The third-order valence-electron chi connectivity index (χ3n) is 3.64. The van der Waals surface area contributed by atoms with Crippen molar-refractivity contribution in [2.24, 2.45) is 10.7 Å². The lowest BCUT2D eigenvalue weighted by Gasteiger charge is -2.12. The molecular formula is C21H31IN4O2. The zero-order chi connectivity index (χ0) is 19.6. The summed E-state index contributed by atoms with van der Waals surface area (Å²) in [5.41, 5.74) is 7.91. The van der Waals surface area contributed by atoms with Crippen LogP contribution in [0.2, 0.25) is 0 Å². The van der Waals surface area contributed by atoms with E-state index in [0.717, 1.165) is 29.3 Å². The monoisotopic (exact) mass is 498 g/mol. The number of rotatable bonds is 9. The molecule has 0 aromatic heterocycles. The maximum Gasteiger partial charge on any atom is 0.193 e. The number of halogens is 1. The first-order chi connectivity index (χ1) is 12.9. The number of aliphatic imine (C=N–C) groups is 1. The van der Waals surface area contributed by atoms with Crippen molar-refractivity contribution < 1.29 is 9.47 Å². The summed E-state index contributed by atoms with van der Waals surface area (Å²) in [5, 5.41) is 3.09. The van der Waals surface area contributed by atoms with Crippen LogP contribution in [0.3, 0.4) is 0 Å². The fourth-order valence-corrected chi connectivity index (χ4v) is 2.33. The van der Waals surface area contributed by atoms with E-state index in [4.69, 9.17) is 15.2 Å². The van der Waals surface area contributed by atoms with Gasteiger partial charge >= 0.3 is 0 Å². The first-order valence-electron chi connectivity index (χ1n) is 9.12. The molecule has 0 fully saturated rings. The molecular weight excluding hydrogens is 467 g/mol. The maximum absolute atomic E-state index is 5.99. The van der Waals surface area contributed by atoms with Crippen molar-refractivity contribution in [2.75, 3.05) is 32.6 Å². The third kappa shape index (κ3) is 9.27. The number of anilines is 1. The number of likely N-dealkylation sites (N-methyl/N-ethyl adjacent to an activating group) is 1. The summed E-state index contributed by atoms with van der Waals surface area (Å²) in [6.07, 6.45) is 0.151. The Morgan fingerprint density at radius 2 is 1.82 bits per heavy atom. The highest BCUT2D eigenvalue weighted by molar-refractivity contribution is 14.0. The lowest BCUT2D eigenvalue weighted by molar-refractivity contribution is 0.242. The molecule has 28 heavy (non-hydrogen) atoms. The Hall–Kier alpha value is -2.00. The van der Waals surface area contributed by atoms with Crippen LogP contribution in [-0.4, -0.2) is 44.2 Å². The van der Waals surface area contributed by atoms with E-state index in [1.807, 2.05) is 76.5 Å². The van der Waals surface area contributed by atoms with Crippen molar-refractivity contribution in [3.8, 4) is 11.5 Å². The van der Waals surface area contributed by atoms with Gasteiger partial charge in [-0.2, -0.15) is 0 Å². The Morgan fingerprint density at radius 1 is 1.11 bits per heavy atom. The van der Waals surface area contributed by atoms with E-state index in [-0.39, 0.29) is 30.1 Å². The summed E-state index contributed by atoms with van der Waals surface area (Å²) in [5.74, 6) is 2.04. The highest BCUT2D eigenvalue weighted by Gasteiger charge is 2.01. The van der Waals surface area contributed by atoms with E-state index in [2.05, 4.69) is 15.2 Å². The molecule has 0 unspecified atom stereocenters. The van der Waals surface area contributed by atoms with E-state index < -0.39 is 0 Å². The summed E-state index contributed by atoms with van der Waals surface area (Å²) in [6.45, 7) is 6.01. The summed E-state index contributed by atoms with van der Waals surface area (Å²) >= 11 is 0. The van der Waals surface area contributed by atoms with Crippen molar-refractivity contribution in [2.45, 2.75) is 26.5 Å². The second-order valence-corrected chi connectivity index (χ2v) is 6.82. The highest BCUT2D eigenvalue weighted by atomic mass is 127. The molecule has 2 rings (SSSR count). The predicted molar refractivity (Wildman–Crippen MR) is 127 cm³/mol. The fraction of sp³-hybridized carbons (Fsp3) is 0.381. The largest absolute Gasteiger partial charge is 0.492 e. The summed E-state index contributed by atoms with van der Waals surface area (Å²) < 4.78 is 11.4. The van der Waals surface area contributed by atoms with E-state index in [1.165, 1.54) is 0 Å². The van der Waals surface area contributed by atoms with Crippen LogP contribution in [-0.2, 0) is 6.54 Å². The molecule has 0 amide bonds. The standard InChI is InChI=1S/C21H30N4O2.HI/c1-16(2)27-19-10-8-18(9-11-19)24-21(22)23-15-17-6-5-7-20(14-17)26-13-12-25(3)4;/h5-11,14,16H,12-13,15H2,1-4H3,(H3,22,23,24);1H. The molecule has 0 aliphatic carbocycles. The predicted octanol–water partition coefficient (Wildman–Crippen LogP) is 3.96. The Kier molecular flexibility index (Phi) is 10.7. The summed E-state index contributed by atoms with van der Waals surface area (Å²) in [6, 6.07) is 15.6. The molecule has 3 N–H and O–H groups in total. The molecule has 0 bridgehead atoms. The van der Waals surface area contributed by atoms with Gasteiger partial charge < -0.3 is 25.4 Å². The average molecular weight is 498 g/mol. The molecule has 0 spiro atoms. The SMILES string of the molecule is CC(C)Oc1ccc(NC(N)=NCc2cccc(OCCN(C)C)c2)cc1.I. The molecule has 0 heterocycles. The third-order valence-corrected chi connectivity index (χ3v) is 3.64. The lowest BCUT2D eigenvalue weighted by atomic mass is 10.2. The van der Waals surface area contributed by atoms with Crippen LogP contribution < -0.4 is 20.5 Å². The van der Waals surface area contributed by atoms with Gasteiger partial charge in [-0.25, -0.2) is 4.99 Å². The Labute approximate surface area is 185 Å². The normalized spacial score (nSPS) is 11.3. The van der Waals surface area contributed by atoms with Crippen molar-refractivity contribution in [3.63, 3.8) is 0 Å². The molecule has 6 nitrogen and oxygen atoms in total. The van der Waals surface area contributed by atoms with Gasteiger partial charge in [-0.1, -0.05) is 12.1 Å². The first-order valence-corrected chi connectivity index (χ1v) is 9.12. The molecule has 0 atom stereocenters. The van der Waals surface area contributed by atoms with E-state index in [1.54, 1.807) is 0 Å². The molecule has 0 saturated heterocycles. The number of hydrogen-bond donors (Lipinski definition) is 2. The van der Waals surface area contributed by atoms with E-state index in [9.17, 15) is 0 Å². The quantitative estimate of drug-likeness (QED) is 0.311. The second kappa shape index (κ2) is 12.5. The molecule has 0 saturated carbocycles. The van der Waals surface area contributed by atoms with Gasteiger partial charge in [-0.05, 0) is 69.9 Å². The van der Waals surface area contributed by atoms with Gasteiger partial charge in [-0.3, -0.25) is 0 Å². The van der Waals surface area contributed by atoms with Crippen LogP contribution in [0.5, 0.6) is 11.5 Å². The van der Waals surface area contributed by atoms with Crippen molar-refractivity contribution >= 4 is 35.6 Å². The van der Waals surface area contributed by atoms with Crippen molar-refractivity contribution in [3.05, 3.63) is 54.1 Å². The average Bonchev–Trinajstić information content (AvgIpc) is 2.61. The van der Waals surface area contributed by atoms with Crippen molar-refractivity contribution in [1.29, 1.82) is 0 Å². The van der Waals surface area contributed by atoms with E-state index >= 15 is 0 Å². The topological polar surface area (TPSA) is 72.1 Å². The molecule has 7 heteroatoms.